The van der Waals surface area contributed by atoms with Gasteiger partial charge in [0.25, 0.3) is 6.01 Å². The number of nitrogens with zero attached hydrogens (tertiary/aromatic N) is 2. The van der Waals surface area contributed by atoms with Crippen LogP contribution in [-0.4, -0.2) is 22.7 Å². The van der Waals surface area contributed by atoms with Crippen LogP contribution in [0.1, 0.15) is 38.8 Å². The molecule has 1 aliphatic carbocycles. The maximum atomic E-state index is 8.96. The summed E-state index contributed by atoms with van der Waals surface area (Å²) in [6.07, 6.45) is 5.15. The molecule has 1 aromatic heterocycles. The number of hydrogen-bond acceptors (Lipinski definition) is 4. The second-order valence-corrected chi connectivity index (χ2v) is 4.89. The molecule has 0 unspecified atom stereocenters. The fourth-order valence-electron chi connectivity index (χ4n) is 1.72. The van der Waals surface area contributed by atoms with Crippen LogP contribution < -0.4 is 4.90 Å². The summed E-state index contributed by atoms with van der Waals surface area (Å²) in [5.41, 5.74) is 0.616. The molecule has 1 fully saturated rings. The molecule has 90 valence electrons. The van der Waals surface area contributed by atoms with Gasteiger partial charge in [0.15, 0.2) is 0 Å². The molecule has 0 aromatic carbocycles. The van der Waals surface area contributed by atoms with Gasteiger partial charge in [-0.2, -0.15) is 4.98 Å². The van der Waals surface area contributed by atoms with Gasteiger partial charge in [-0.3, -0.25) is 0 Å². The zero-order valence-electron chi connectivity index (χ0n) is 10.0. The van der Waals surface area contributed by atoms with Crippen molar-refractivity contribution in [1.29, 1.82) is 0 Å². The average molecular weight is 224 g/mol. The van der Waals surface area contributed by atoms with E-state index in [0.717, 1.165) is 13.0 Å². The molecular weight excluding hydrogens is 204 g/mol. The Kier molecular flexibility index (Phi) is 3.49. The van der Waals surface area contributed by atoms with E-state index in [0.29, 0.717) is 23.7 Å². The van der Waals surface area contributed by atoms with E-state index >= 15 is 0 Å². The number of rotatable bonds is 6. The third-order valence-electron chi connectivity index (χ3n) is 2.88. The summed E-state index contributed by atoms with van der Waals surface area (Å²) in [6.45, 7) is 5.39. The highest BCUT2D eigenvalue weighted by Crippen LogP contribution is 2.31. The molecule has 1 aliphatic rings. The molecule has 0 aliphatic heterocycles. The molecule has 0 spiro atoms. The molecule has 4 heteroatoms. The third kappa shape index (κ3) is 2.76. The van der Waals surface area contributed by atoms with E-state index in [1.807, 2.05) is 0 Å². The van der Waals surface area contributed by atoms with Crippen molar-refractivity contribution in [3.63, 3.8) is 0 Å². The van der Waals surface area contributed by atoms with Gasteiger partial charge in [-0.15, -0.1) is 0 Å². The molecule has 0 saturated heterocycles. The topological polar surface area (TPSA) is 49.5 Å². The SMILES string of the molecule is CC(C)CCN(c1nc(CO)co1)C1CC1. The zero-order chi connectivity index (χ0) is 11.5. The van der Waals surface area contributed by atoms with Crippen LogP contribution in [0.25, 0.3) is 0 Å². The van der Waals surface area contributed by atoms with Gasteiger partial charge in [0.2, 0.25) is 0 Å². The predicted molar refractivity (Wildman–Crippen MR) is 62.2 cm³/mol. The predicted octanol–water partition coefficient (Wildman–Crippen LogP) is 2.18. The Balaban J connectivity index is 2.00. The van der Waals surface area contributed by atoms with Crippen molar-refractivity contribution in [3.05, 3.63) is 12.0 Å². The lowest BCUT2D eigenvalue weighted by molar-refractivity contribution is 0.276. The smallest absolute Gasteiger partial charge is 0.297 e. The highest BCUT2D eigenvalue weighted by atomic mass is 16.4. The molecule has 1 heterocycles. The molecule has 1 aromatic rings. The van der Waals surface area contributed by atoms with E-state index in [9.17, 15) is 0 Å². The molecule has 2 rings (SSSR count). The Hall–Kier alpha value is -1.03. The minimum absolute atomic E-state index is 0.0494. The second kappa shape index (κ2) is 4.87. The molecule has 0 radical (unpaired) electrons. The van der Waals surface area contributed by atoms with Crippen molar-refractivity contribution in [3.8, 4) is 0 Å². The monoisotopic (exact) mass is 224 g/mol. The number of oxazole rings is 1. The van der Waals surface area contributed by atoms with E-state index in [-0.39, 0.29) is 6.61 Å². The van der Waals surface area contributed by atoms with Gasteiger partial charge in [0.05, 0.1) is 6.61 Å². The lowest BCUT2D eigenvalue weighted by Gasteiger charge is -2.20. The van der Waals surface area contributed by atoms with E-state index in [2.05, 4.69) is 23.7 Å². The summed E-state index contributed by atoms with van der Waals surface area (Å²) < 4.78 is 5.41. The van der Waals surface area contributed by atoms with Crippen LogP contribution in [0, 0.1) is 5.92 Å². The van der Waals surface area contributed by atoms with E-state index < -0.39 is 0 Å². The van der Waals surface area contributed by atoms with Gasteiger partial charge in [-0.1, -0.05) is 13.8 Å². The Bertz CT molecular complexity index is 332. The highest BCUT2D eigenvalue weighted by Gasteiger charge is 2.31. The van der Waals surface area contributed by atoms with Crippen LogP contribution >= 0.6 is 0 Å². The molecule has 0 bridgehead atoms. The van der Waals surface area contributed by atoms with Gasteiger partial charge in [-0.25, -0.2) is 0 Å². The molecule has 0 amide bonds. The summed E-state index contributed by atoms with van der Waals surface area (Å²) >= 11 is 0. The number of hydrogen-bond donors (Lipinski definition) is 1. The van der Waals surface area contributed by atoms with Crippen molar-refractivity contribution in [2.24, 2.45) is 5.92 Å². The Morgan fingerprint density at radius 3 is 2.81 bits per heavy atom. The Morgan fingerprint density at radius 1 is 1.56 bits per heavy atom. The quantitative estimate of drug-likeness (QED) is 0.804. The first-order chi connectivity index (χ1) is 7.70. The fraction of sp³-hybridized carbons (Fsp3) is 0.750. The molecule has 1 saturated carbocycles. The minimum atomic E-state index is -0.0494. The van der Waals surface area contributed by atoms with Crippen molar-refractivity contribution in [2.45, 2.75) is 45.8 Å². The first-order valence-electron chi connectivity index (χ1n) is 6.02. The first kappa shape index (κ1) is 11.5. The molecule has 4 nitrogen and oxygen atoms in total. The first-order valence-corrected chi connectivity index (χ1v) is 6.02. The Labute approximate surface area is 96.3 Å². The van der Waals surface area contributed by atoms with Gasteiger partial charge in [-0.05, 0) is 25.2 Å². The van der Waals surface area contributed by atoms with E-state index in [1.54, 1.807) is 6.26 Å². The number of aromatic nitrogens is 1. The molecule has 16 heavy (non-hydrogen) atoms. The minimum Gasteiger partial charge on any atom is -0.432 e. The fourth-order valence-corrected chi connectivity index (χ4v) is 1.72. The second-order valence-electron chi connectivity index (χ2n) is 4.89. The lowest BCUT2D eigenvalue weighted by Crippen LogP contribution is -2.28. The summed E-state index contributed by atoms with van der Waals surface area (Å²) in [6, 6.07) is 1.27. The van der Waals surface area contributed by atoms with Crippen LogP contribution in [0.4, 0.5) is 6.01 Å². The summed E-state index contributed by atoms with van der Waals surface area (Å²) in [5.74, 6) is 0.688. The highest BCUT2D eigenvalue weighted by molar-refractivity contribution is 5.31. The third-order valence-corrected chi connectivity index (χ3v) is 2.88. The molecule has 0 atom stereocenters. The number of aliphatic hydroxyl groups excluding tert-OH is 1. The van der Waals surface area contributed by atoms with Crippen LogP contribution in [0.5, 0.6) is 0 Å². The maximum absolute atomic E-state index is 8.96. The normalized spacial score (nSPS) is 15.8. The lowest BCUT2D eigenvalue weighted by atomic mass is 10.1. The van der Waals surface area contributed by atoms with Crippen LogP contribution in [-0.2, 0) is 6.61 Å². The van der Waals surface area contributed by atoms with Crippen LogP contribution in [0.2, 0.25) is 0 Å². The van der Waals surface area contributed by atoms with E-state index in [1.165, 1.54) is 12.8 Å². The van der Waals surface area contributed by atoms with Crippen LogP contribution in [0.15, 0.2) is 10.7 Å². The van der Waals surface area contributed by atoms with Gasteiger partial charge < -0.3 is 14.4 Å². The van der Waals surface area contributed by atoms with Gasteiger partial charge in [0, 0.05) is 12.6 Å². The largest absolute Gasteiger partial charge is 0.432 e. The van der Waals surface area contributed by atoms with Gasteiger partial charge in [0.1, 0.15) is 12.0 Å². The van der Waals surface area contributed by atoms with Crippen molar-refractivity contribution < 1.29 is 9.52 Å². The molecule has 1 N–H and O–H groups in total. The average Bonchev–Trinajstić information content (AvgIpc) is 2.96. The maximum Gasteiger partial charge on any atom is 0.297 e. The summed E-state index contributed by atoms with van der Waals surface area (Å²) in [5, 5.41) is 8.96. The summed E-state index contributed by atoms with van der Waals surface area (Å²) in [4.78, 5) is 6.51. The zero-order valence-corrected chi connectivity index (χ0v) is 10.0. The van der Waals surface area contributed by atoms with Crippen molar-refractivity contribution in [2.75, 3.05) is 11.4 Å². The van der Waals surface area contributed by atoms with Crippen molar-refractivity contribution in [1.82, 2.24) is 4.98 Å². The standard InChI is InChI=1S/C12H20N2O2/c1-9(2)5-6-14(11-3-4-11)12-13-10(7-15)8-16-12/h8-9,11,15H,3-7H2,1-2H3. The van der Waals surface area contributed by atoms with Crippen molar-refractivity contribution >= 4 is 6.01 Å². The van der Waals surface area contributed by atoms with Gasteiger partial charge >= 0.3 is 0 Å². The number of anilines is 1. The van der Waals surface area contributed by atoms with Crippen LogP contribution in [0.3, 0.4) is 0 Å². The molecular formula is C12H20N2O2. The van der Waals surface area contributed by atoms with E-state index in [4.69, 9.17) is 9.52 Å². The number of aliphatic hydroxyl groups is 1. The summed E-state index contributed by atoms with van der Waals surface area (Å²) in [7, 11) is 0. The Morgan fingerprint density at radius 2 is 2.31 bits per heavy atom.